The summed E-state index contributed by atoms with van der Waals surface area (Å²) in [5, 5.41) is 11.9. The van der Waals surface area contributed by atoms with Gasteiger partial charge in [0.25, 0.3) is 5.97 Å². The molecule has 0 aliphatic heterocycles. The topological polar surface area (TPSA) is 269 Å². The number of anilines is 7. The molecule has 111 heavy (non-hydrogen) atoms. The molecule has 0 aliphatic rings. The van der Waals surface area contributed by atoms with E-state index < -0.39 is 69.6 Å². The van der Waals surface area contributed by atoms with Crippen molar-refractivity contribution < 1.29 is 138 Å². The molecule has 8 aromatic rings. The first-order valence-electron chi connectivity index (χ1n) is 33.5. The fourth-order valence-corrected chi connectivity index (χ4v) is 10.1. The number of carboxylic acids is 1. The maximum atomic E-state index is 12.9. The number of carbonyl (C=O) groups excluding carboxylic acids is 2. The van der Waals surface area contributed by atoms with Crippen molar-refractivity contribution in [1.82, 2.24) is 39.9 Å². The molecule has 4 aromatic carbocycles. The minimum Gasteiger partial charge on any atom is -1.00 e. The van der Waals surface area contributed by atoms with Gasteiger partial charge in [0, 0.05) is 118 Å². The first-order valence-corrected chi connectivity index (χ1v) is 40.8. The Kier molecular flexibility index (Phi) is 50.5. The zero-order valence-corrected chi connectivity index (χ0v) is 72.8. The largest absolute Gasteiger partial charge is 1.00 e. The van der Waals surface area contributed by atoms with Crippen LogP contribution in [0.3, 0.4) is 0 Å². The summed E-state index contributed by atoms with van der Waals surface area (Å²) in [7, 11) is -3.39. The number of nitrogens with zero attached hydrogens (tertiary/aromatic N) is 10. The number of carbonyl (C=O) groups is 2. The molecule has 19 nitrogen and oxygen atoms in total. The van der Waals surface area contributed by atoms with Gasteiger partial charge in [-0.1, -0.05) is 85.2 Å². The Hall–Kier alpha value is -6.88. The van der Waals surface area contributed by atoms with Gasteiger partial charge in [-0.3, -0.25) is 11.1 Å². The van der Waals surface area contributed by atoms with Crippen LogP contribution in [-0.4, -0.2) is 117 Å². The molecule has 614 valence electrons. The van der Waals surface area contributed by atoms with E-state index in [0.29, 0.717) is 64.4 Å². The number of hydrogen-bond donors (Lipinski definition) is 3. The molecule has 0 aliphatic carbocycles. The van der Waals surface area contributed by atoms with Gasteiger partial charge >= 0.3 is 54.3 Å². The van der Waals surface area contributed by atoms with Crippen molar-refractivity contribution in [3.05, 3.63) is 196 Å². The second-order valence-electron chi connectivity index (χ2n) is 25.9. The molecule has 8 rings (SSSR count). The fourth-order valence-electron chi connectivity index (χ4n) is 7.51. The SMILES string of the molecule is CC(=O)O.CC(C)(C)[Si](C)(C)OCCBr.CCc1cnc(Cl)nc1.CCc1cnc(N(CC=O)c2ccc(C(F)(F)F)cc2)nc1.CCc1cnc(N(CCO[Si](C)(C)C(C)(C)C)c2ccc(C(F)(F)F)cc2)nc1.CCc1cnc(Nc2ccc(C(F)(F)F)cc2)nc1.C[C-]=O.Nc1ccc(C(F)(F)F)cc1.O.[H-].[Na+].[Pd]. The molecule has 4 heterocycles. The Labute approximate surface area is 694 Å². The van der Waals surface area contributed by atoms with Crippen LogP contribution in [-0.2, 0) is 94.0 Å². The number of benzene rings is 4. The van der Waals surface area contributed by atoms with Crippen molar-refractivity contribution in [2.45, 2.75) is 170 Å². The van der Waals surface area contributed by atoms with E-state index in [4.69, 9.17) is 40.9 Å². The van der Waals surface area contributed by atoms with Gasteiger partial charge in [0.2, 0.25) is 23.1 Å². The summed E-state index contributed by atoms with van der Waals surface area (Å²) in [5.74, 6) is 0.238. The third kappa shape index (κ3) is 42.2. The van der Waals surface area contributed by atoms with E-state index in [-0.39, 0.29) is 74.4 Å². The molecule has 0 unspecified atom stereocenters. The molecule has 0 radical (unpaired) electrons. The number of aryl methyl sites for hydroxylation is 4. The van der Waals surface area contributed by atoms with Gasteiger partial charge in [0.05, 0.1) is 35.4 Å². The number of halogens is 14. The molecular formula is C74H98BrClF12N12NaO7PdSi2-. The number of aldehydes is 1. The maximum Gasteiger partial charge on any atom is 1.00 e. The van der Waals surface area contributed by atoms with Crippen LogP contribution in [0, 0.1) is 0 Å². The van der Waals surface area contributed by atoms with Gasteiger partial charge in [-0.25, -0.2) is 39.9 Å². The zero-order valence-electron chi connectivity index (χ0n) is 65.9. The van der Waals surface area contributed by atoms with Crippen molar-refractivity contribution >= 4 is 103 Å². The fraction of sp³-hybridized carbons (Fsp3) is 0.419. The number of aromatic nitrogens is 8. The molecule has 6 N–H and O–H groups in total. The molecule has 0 bridgehead atoms. The summed E-state index contributed by atoms with van der Waals surface area (Å²) in [6.45, 7) is 34.2. The average molecular weight is 1800 g/mol. The molecule has 0 spiro atoms. The summed E-state index contributed by atoms with van der Waals surface area (Å²) in [4.78, 5) is 64.6. The molecule has 4 aromatic heterocycles. The molecular weight excluding hydrogens is 1700 g/mol. The quantitative estimate of drug-likeness (QED) is 0.0129. The molecule has 0 saturated heterocycles. The van der Waals surface area contributed by atoms with Crippen LogP contribution in [0.15, 0.2) is 147 Å². The normalized spacial score (nSPS) is 11.2. The second-order valence-corrected chi connectivity index (χ2v) is 36.7. The van der Waals surface area contributed by atoms with E-state index in [9.17, 15) is 57.5 Å². The summed E-state index contributed by atoms with van der Waals surface area (Å²) in [6, 6.07) is 18.7. The number of nitrogens with two attached hydrogens (primary N) is 1. The number of aliphatic carboxylic acids is 1. The smallest absolute Gasteiger partial charge is 1.00 e. The third-order valence-corrected chi connectivity index (χ3v) is 25.4. The summed E-state index contributed by atoms with van der Waals surface area (Å²) in [5.41, 5.74) is 8.32. The zero-order chi connectivity index (χ0) is 82.5. The number of alkyl halides is 13. The number of hydrogen-bond acceptors (Lipinski definition) is 17. The predicted octanol–water partition coefficient (Wildman–Crippen LogP) is 17.3. The van der Waals surface area contributed by atoms with Crippen molar-refractivity contribution in [2.24, 2.45) is 0 Å². The predicted molar refractivity (Wildman–Crippen MR) is 414 cm³/mol. The van der Waals surface area contributed by atoms with E-state index in [1.54, 1.807) is 54.5 Å². The number of rotatable bonds is 19. The Morgan fingerprint density at radius 2 is 0.820 bits per heavy atom. The van der Waals surface area contributed by atoms with Crippen molar-refractivity contribution in [1.29, 1.82) is 0 Å². The number of nitrogen functional groups attached to an aromatic ring is 1. The Bertz CT molecular complexity index is 3870. The molecule has 37 heteroatoms. The van der Waals surface area contributed by atoms with Crippen LogP contribution in [0.1, 0.15) is 129 Å². The van der Waals surface area contributed by atoms with E-state index in [1.165, 1.54) is 66.6 Å². The summed E-state index contributed by atoms with van der Waals surface area (Å²) >= 11 is 8.81. The van der Waals surface area contributed by atoms with Crippen LogP contribution in [0.4, 0.5) is 93.3 Å². The van der Waals surface area contributed by atoms with Gasteiger partial charge in [-0.15, -0.1) is 0 Å². The molecule has 0 amide bonds. The van der Waals surface area contributed by atoms with Crippen LogP contribution in [0.2, 0.25) is 41.5 Å². The van der Waals surface area contributed by atoms with Gasteiger partial charge in [-0.05, 0) is 193 Å². The molecule has 0 fully saturated rings. The van der Waals surface area contributed by atoms with E-state index in [0.717, 1.165) is 115 Å². The van der Waals surface area contributed by atoms with Crippen LogP contribution in [0.25, 0.3) is 0 Å². The summed E-state index contributed by atoms with van der Waals surface area (Å²) < 4.78 is 161. The summed E-state index contributed by atoms with van der Waals surface area (Å²) in [6.07, 6.45) is 1.74. The van der Waals surface area contributed by atoms with Crippen LogP contribution in [0.5, 0.6) is 0 Å². The first kappa shape index (κ1) is 108. The van der Waals surface area contributed by atoms with Gasteiger partial charge in [0.15, 0.2) is 16.6 Å². The molecule has 0 atom stereocenters. The van der Waals surface area contributed by atoms with Crippen molar-refractivity contribution in [3.8, 4) is 0 Å². The second kappa shape index (κ2) is 51.8. The monoisotopic (exact) mass is 1790 g/mol. The van der Waals surface area contributed by atoms with Crippen LogP contribution < -0.4 is 50.4 Å². The average Bonchev–Trinajstić information content (AvgIpc) is 0.824. The Morgan fingerprint density at radius 1 is 0.550 bits per heavy atom. The van der Waals surface area contributed by atoms with E-state index in [1.807, 2.05) is 27.7 Å². The van der Waals surface area contributed by atoms with Gasteiger partial charge in [0.1, 0.15) is 6.29 Å². The molecule has 0 saturated carbocycles. The first-order chi connectivity index (χ1) is 50.1. The third-order valence-electron chi connectivity index (χ3n) is 15.8. The minimum absolute atomic E-state index is 0. The van der Waals surface area contributed by atoms with Crippen molar-refractivity contribution in [2.75, 3.05) is 52.5 Å². The Morgan fingerprint density at radius 3 is 1.11 bits per heavy atom. The number of nitrogens with one attached hydrogen (secondary N) is 1. The Balaban J connectivity index is -0.000000634. The van der Waals surface area contributed by atoms with E-state index in [2.05, 4.69) is 129 Å². The minimum atomic E-state index is -4.40. The van der Waals surface area contributed by atoms with Gasteiger partial charge in [-0.2, -0.15) is 59.6 Å². The standard InChI is InChI=1S/C21H30F3N3OSi.C15H14F3N3O.C13H12F3N3.C8H19BrOSi.C7H6F3N.C6H7ClN2.C2H4O2.C2H3O.Na.H2O.Pd.H/c1-7-16-14-25-19(26-15-16)27(12-13-28-29(5,6)20(2,3)4)18-10-8-17(9-11-18)21(22,23)24;1-2-11-9-19-14(20-10-11)21(7-8-22)13-5-3-12(4-6-13)15(16,17)18;1-2-9-7-17-12(18-8-9)19-11-5-3-10(4-6-11)13(14,15)16;1-8(2,3)11(4,5)10-7-6-9;8-7(9,10)5-1-3-6(11)4-2-5;1-2-5-3-8-6(7)9-4-5;1-2(3)4;1-2-3;;;;/h8-11,14-15H,7,12-13H2,1-6H3;3-6,8-10H,2,7H2,1H3;3-8H,2H2,1H3,(H,17,18,19);6-7H2,1-5H3;1-4H,11H2;3-4H,2H2,1H3;1H3,(H,3,4);1H3;;1H2;;/q;;;;;;;-1;+1;;;-1. The van der Waals surface area contributed by atoms with Crippen molar-refractivity contribution in [3.63, 3.8) is 0 Å². The van der Waals surface area contributed by atoms with Gasteiger partial charge < -0.3 is 51.3 Å². The maximum absolute atomic E-state index is 12.9. The van der Waals surface area contributed by atoms with E-state index >= 15 is 0 Å². The number of carboxylic acid groups (broad SMARTS) is 1. The van der Waals surface area contributed by atoms with Crippen LogP contribution >= 0.6 is 27.5 Å².